The first kappa shape index (κ1) is 11.1. The van der Waals surface area contributed by atoms with Crippen molar-refractivity contribution in [2.75, 3.05) is 0 Å². The molecule has 88 valence electrons. The van der Waals surface area contributed by atoms with Crippen molar-refractivity contribution in [1.82, 2.24) is 4.98 Å². The fourth-order valence-electron chi connectivity index (χ4n) is 2.04. The van der Waals surface area contributed by atoms with Gasteiger partial charge < -0.3 is 4.98 Å². The van der Waals surface area contributed by atoms with Gasteiger partial charge in [-0.1, -0.05) is 35.9 Å². The SMILES string of the molecule is O=c1c(-c2cccc(Cl)c2)c[nH]c2ccccc12. The first-order valence-electron chi connectivity index (χ1n) is 5.62. The fraction of sp³-hybridized carbons (Fsp3) is 0. The van der Waals surface area contributed by atoms with Crippen molar-refractivity contribution in [3.63, 3.8) is 0 Å². The predicted octanol–water partition coefficient (Wildman–Crippen LogP) is 3.85. The highest BCUT2D eigenvalue weighted by Crippen LogP contribution is 2.20. The molecule has 1 aromatic heterocycles. The van der Waals surface area contributed by atoms with Crippen LogP contribution in [0.2, 0.25) is 5.02 Å². The van der Waals surface area contributed by atoms with E-state index >= 15 is 0 Å². The standard InChI is InChI=1S/C15H10ClNO/c16-11-5-3-4-10(8-11)13-9-17-14-7-2-1-6-12(14)15(13)18/h1-9H,(H,17,18). The number of para-hydroxylation sites is 1. The Kier molecular flexibility index (Phi) is 2.65. The monoisotopic (exact) mass is 255 g/mol. The second-order valence-corrected chi connectivity index (χ2v) is 4.52. The van der Waals surface area contributed by atoms with E-state index in [1.165, 1.54) is 0 Å². The maximum absolute atomic E-state index is 12.4. The van der Waals surface area contributed by atoms with E-state index in [1.54, 1.807) is 18.3 Å². The van der Waals surface area contributed by atoms with Crippen LogP contribution in [0.15, 0.2) is 59.5 Å². The third-order valence-corrected chi connectivity index (χ3v) is 3.16. The molecule has 0 unspecified atom stereocenters. The van der Waals surface area contributed by atoms with Gasteiger partial charge in [-0.2, -0.15) is 0 Å². The van der Waals surface area contributed by atoms with Crippen LogP contribution in [0.25, 0.3) is 22.0 Å². The molecular formula is C15H10ClNO. The molecule has 0 aliphatic rings. The summed E-state index contributed by atoms with van der Waals surface area (Å²) < 4.78 is 0. The molecule has 0 spiro atoms. The van der Waals surface area contributed by atoms with Crippen LogP contribution < -0.4 is 5.43 Å². The summed E-state index contributed by atoms with van der Waals surface area (Å²) in [4.78, 5) is 15.5. The van der Waals surface area contributed by atoms with E-state index in [-0.39, 0.29) is 5.43 Å². The second kappa shape index (κ2) is 4.31. The number of H-pyrrole nitrogens is 1. The van der Waals surface area contributed by atoms with E-state index in [9.17, 15) is 4.79 Å². The quantitative estimate of drug-likeness (QED) is 0.704. The van der Waals surface area contributed by atoms with Crippen molar-refractivity contribution >= 4 is 22.5 Å². The average molecular weight is 256 g/mol. The number of pyridine rings is 1. The number of nitrogens with one attached hydrogen (secondary N) is 1. The predicted molar refractivity (Wildman–Crippen MR) is 75.0 cm³/mol. The lowest BCUT2D eigenvalue weighted by Gasteiger charge is -2.03. The topological polar surface area (TPSA) is 32.9 Å². The molecule has 0 saturated heterocycles. The molecule has 0 radical (unpaired) electrons. The van der Waals surface area contributed by atoms with Gasteiger partial charge in [-0.25, -0.2) is 0 Å². The normalized spacial score (nSPS) is 10.7. The van der Waals surface area contributed by atoms with Gasteiger partial charge in [0, 0.05) is 27.7 Å². The van der Waals surface area contributed by atoms with Gasteiger partial charge in [0.2, 0.25) is 0 Å². The summed E-state index contributed by atoms with van der Waals surface area (Å²) in [6, 6.07) is 14.8. The first-order chi connectivity index (χ1) is 8.75. The Labute approximate surface area is 109 Å². The fourth-order valence-corrected chi connectivity index (χ4v) is 2.23. The van der Waals surface area contributed by atoms with Gasteiger partial charge in [-0.05, 0) is 29.8 Å². The number of hydrogen-bond acceptors (Lipinski definition) is 1. The van der Waals surface area contributed by atoms with E-state index in [1.807, 2.05) is 36.4 Å². The number of hydrogen-bond donors (Lipinski definition) is 1. The van der Waals surface area contributed by atoms with Crippen LogP contribution >= 0.6 is 11.6 Å². The Morgan fingerprint density at radius 3 is 2.67 bits per heavy atom. The summed E-state index contributed by atoms with van der Waals surface area (Å²) in [6.07, 6.45) is 1.73. The smallest absolute Gasteiger partial charge is 0.197 e. The van der Waals surface area contributed by atoms with Gasteiger partial charge in [0.05, 0.1) is 0 Å². The number of benzene rings is 2. The summed E-state index contributed by atoms with van der Waals surface area (Å²) in [5, 5.41) is 1.31. The van der Waals surface area contributed by atoms with Gasteiger partial charge in [0.25, 0.3) is 0 Å². The zero-order chi connectivity index (χ0) is 12.5. The number of halogens is 1. The third-order valence-electron chi connectivity index (χ3n) is 2.92. The Bertz CT molecular complexity index is 777. The van der Waals surface area contributed by atoms with Crippen LogP contribution in [0.1, 0.15) is 0 Å². The van der Waals surface area contributed by atoms with Crippen LogP contribution in [0.5, 0.6) is 0 Å². The van der Waals surface area contributed by atoms with Gasteiger partial charge in [0.1, 0.15) is 0 Å². The molecule has 0 saturated carbocycles. The highest BCUT2D eigenvalue weighted by molar-refractivity contribution is 6.30. The Balaban J connectivity index is 2.31. The zero-order valence-corrected chi connectivity index (χ0v) is 10.2. The molecule has 0 bridgehead atoms. The van der Waals surface area contributed by atoms with Gasteiger partial charge in [0.15, 0.2) is 5.43 Å². The summed E-state index contributed by atoms with van der Waals surface area (Å²) in [5.41, 5.74) is 2.32. The minimum atomic E-state index is 0.0200. The molecule has 18 heavy (non-hydrogen) atoms. The number of aromatic amines is 1. The molecule has 2 aromatic carbocycles. The minimum Gasteiger partial charge on any atom is -0.360 e. The molecular weight excluding hydrogens is 246 g/mol. The van der Waals surface area contributed by atoms with E-state index in [0.29, 0.717) is 16.0 Å². The number of aromatic nitrogens is 1. The molecule has 2 nitrogen and oxygen atoms in total. The van der Waals surface area contributed by atoms with E-state index in [0.717, 1.165) is 11.1 Å². The minimum absolute atomic E-state index is 0.0200. The molecule has 1 heterocycles. The molecule has 0 aliphatic heterocycles. The van der Waals surface area contributed by atoms with Crippen molar-refractivity contribution in [3.8, 4) is 11.1 Å². The van der Waals surface area contributed by atoms with Crippen LogP contribution in [0.3, 0.4) is 0 Å². The molecule has 3 aromatic rings. The summed E-state index contributed by atoms with van der Waals surface area (Å²) in [6.45, 7) is 0. The van der Waals surface area contributed by atoms with Crippen molar-refractivity contribution < 1.29 is 0 Å². The number of rotatable bonds is 1. The molecule has 0 amide bonds. The third kappa shape index (κ3) is 1.81. The molecule has 3 heteroatoms. The summed E-state index contributed by atoms with van der Waals surface area (Å²) >= 11 is 5.95. The highest BCUT2D eigenvalue weighted by Gasteiger charge is 2.06. The Morgan fingerprint density at radius 1 is 1.00 bits per heavy atom. The van der Waals surface area contributed by atoms with Gasteiger partial charge in [-0.3, -0.25) is 4.79 Å². The molecule has 0 atom stereocenters. The Morgan fingerprint density at radius 2 is 1.83 bits per heavy atom. The van der Waals surface area contributed by atoms with Crippen molar-refractivity contribution in [3.05, 3.63) is 70.0 Å². The van der Waals surface area contributed by atoms with Crippen molar-refractivity contribution in [2.24, 2.45) is 0 Å². The molecule has 0 aliphatic carbocycles. The number of fused-ring (bicyclic) bond motifs is 1. The highest BCUT2D eigenvalue weighted by atomic mass is 35.5. The summed E-state index contributed by atoms with van der Waals surface area (Å²) in [7, 11) is 0. The maximum atomic E-state index is 12.4. The van der Waals surface area contributed by atoms with Crippen molar-refractivity contribution in [1.29, 1.82) is 0 Å². The molecule has 1 N–H and O–H groups in total. The lowest BCUT2D eigenvalue weighted by Crippen LogP contribution is -2.05. The Hall–Kier alpha value is -2.06. The molecule has 3 rings (SSSR count). The first-order valence-corrected chi connectivity index (χ1v) is 6.00. The summed E-state index contributed by atoms with van der Waals surface area (Å²) in [5.74, 6) is 0. The van der Waals surface area contributed by atoms with Gasteiger partial charge >= 0.3 is 0 Å². The lowest BCUT2D eigenvalue weighted by molar-refractivity contribution is 1.39. The average Bonchev–Trinajstić information content (AvgIpc) is 2.39. The van der Waals surface area contributed by atoms with Crippen LogP contribution in [-0.2, 0) is 0 Å². The van der Waals surface area contributed by atoms with Gasteiger partial charge in [-0.15, -0.1) is 0 Å². The lowest BCUT2D eigenvalue weighted by atomic mass is 10.0. The van der Waals surface area contributed by atoms with Crippen LogP contribution in [0, 0.1) is 0 Å². The van der Waals surface area contributed by atoms with E-state index in [2.05, 4.69) is 4.98 Å². The zero-order valence-electron chi connectivity index (χ0n) is 9.48. The van der Waals surface area contributed by atoms with Crippen LogP contribution in [0.4, 0.5) is 0 Å². The van der Waals surface area contributed by atoms with Crippen molar-refractivity contribution in [2.45, 2.75) is 0 Å². The maximum Gasteiger partial charge on any atom is 0.197 e. The van der Waals surface area contributed by atoms with E-state index in [4.69, 9.17) is 11.6 Å². The van der Waals surface area contributed by atoms with E-state index < -0.39 is 0 Å². The molecule has 0 fully saturated rings. The largest absolute Gasteiger partial charge is 0.360 e. The van der Waals surface area contributed by atoms with Crippen LogP contribution in [-0.4, -0.2) is 4.98 Å². The second-order valence-electron chi connectivity index (χ2n) is 4.09.